The highest BCUT2D eigenvalue weighted by molar-refractivity contribution is 5.89. The highest BCUT2D eigenvalue weighted by Crippen LogP contribution is 2.27. The third-order valence-corrected chi connectivity index (χ3v) is 2.57. The van der Waals surface area contributed by atoms with E-state index in [9.17, 15) is 9.59 Å². The van der Waals surface area contributed by atoms with Gasteiger partial charge in [0.2, 0.25) is 0 Å². The second kappa shape index (κ2) is 7.02. The fourth-order valence-corrected chi connectivity index (χ4v) is 1.74. The van der Waals surface area contributed by atoms with Crippen molar-refractivity contribution in [2.75, 3.05) is 18.9 Å². The quantitative estimate of drug-likeness (QED) is 0.568. The summed E-state index contributed by atoms with van der Waals surface area (Å²) in [7, 11) is 0. The van der Waals surface area contributed by atoms with Crippen molar-refractivity contribution in [3.8, 4) is 5.75 Å². The van der Waals surface area contributed by atoms with Crippen LogP contribution in [0.25, 0.3) is 0 Å². The Morgan fingerprint density at radius 1 is 1.32 bits per heavy atom. The van der Waals surface area contributed by atoms with Crippen LogP contribution in [0.3, 0.4) is 0 Å². The molecule has 0 bridgehead atoms. The fourth-order valence-electron chi connectivity index (χ4n) is 1.74. The van der Waals surface area contributed by atoms with Crippen molar-refractivity contribution in [3.05, 3.63) is 23.3 Å². The Hall–Kier alpha value is -2.44. The molecular weight excluding hydrogens is 288 g/mol. The number of amides is 1. The lowest BCUT2D eigenvalue weighted by Gasteiger charge is -2.20. The number of aryl methyl sites for hydroxylation is 1. The SMILES string of the molecule is Cc1cc(C(=O)O)cc(N)c1OCCNC(=O)OC(C)(C)C. The monoisotopic (exact) mass is 310 g/mol. The van der Waals surface area contributed by atoms with Gasteiger partial charge in [0.25, 0.3) is 0 Å². The molecule has 122 valence electrons. The molecule has 1 amide bonds. The summed E-state index contributed by atoms with van der Waals surface area (Å²) in [5.74, 6) is -0.635. The molecule has 1 rings (SSSR count). The summed E-state index contributed by atoms with van der Waals surface area (Å²) in [6.45, 7) is 7.47. The van der Waals surface area contributed by atoms with Crippen LogP contribution in [0.4, 0.5) is 10.5 Å². The summed E-state index contributed by atoms with van der Waals surface area (Å²) in [6.07, 6.45) is -0.526. The summed E-state index contributed by atoms with van der Waals surface area (Å²) in [6, 6.07) is 2.82. The minimum Gasteiger partial charge on any atom is -0.489 e. The largest absolute Gasteiger partial charge is 0.489 e. The van der Waals surface area contributed by atoms with E-state index in [0.29, 0.717) is 11.3 Å². The van der Waals surface area contributed by atoms with Gasteiger partial charge in [0.1, 0.15) is 18.0 Å². The van der Waals surface area contributed by atoms with Gasteiger partial charge in [-0.15, -0.1) is 0 Å². The van der Waals surface area contributed by atoms with E-state index in [1.807, 2.05) is 0 Å². The molecule has 4 N–H and O–H groups in total. The Bertz CT molecular complexity index is 541. The number of nitrogen functional groups attached to an aromatic ring is 1. The summed E-state index contributed by atoms with van der Waals surface area (Å²) < 4.78 is 10.6. The van der Waals surface area contributed by atoms with Gasteiger partial charge in [-0.1, -0.05) is 0 Å². The fraction of sp³-hybridized carbons (Fsp3) is 0.467. The Morgan fingerprint density at radius 3 is 2.45 bits per heavy atom. The van der Waals surface area contributed by atoms with Crippen LogP contribution in [0.15, 0.2) is 12.1 Å². The van der Waals surface area contributed by atoms with Crippen LogP contribution in [-0.2, 0) is 4.74 Å². The predicted octanol–water partition coefficient (Wildman–Crippen LogP) is 2.18. The Kier molecular flexibility index (Phi) is 5.62. The molecule has 22 heavy (non-hydrogen) atoms. The first-order chi connectivity index (χ1) is 10.1. The average Bonchev–Trinajstić information content (AvgIpc) is 2.34. The maximum atomic E-state index is 11.4. The average molecular weight is 310 g/mol. The minimum atomic E-state index is -1.05. The van der Waals surface area contributed by atoms with Crippen LogP contribution >= 0.6 is 0 Å². The first-order valence-electron chi connectivity index (χ1n) is 6.83. The maximum Gasteiger partial charge on any atom is 0.407 e. The van der Waals surface area contributed by atoms with E-state index < -0.39 is 17.7 Å². The number of benzene rings is 1. The Balaban J connectivity index is 2.52. The van der Waals surface area contributed by atoms with E-state index in [1.54, 1.807) is 27.7 Å². The number of carbonyl (C=O) groups excluding carboxylic acids is 1. The molecule has 0 saturated heterocycles. The van der Waals surface area contributed by atoms with Gasteiger partial charge >= 0.3 is 12.1 Å². The van der Waals surface area contributed by atoms with Gasteiger partial charge in [-0.05, 0) is 45.4 Å². The van der Waals surface area contributed by atoms with Gasteiger partial charge in [-0.3, -0.25) is 0 Å². The maximum absolute atomic E-state index is 11.4. The third-order valence-electron chi connectivity index (χ3n) is 2.57. The third kappa shape index (κ3) is 5.51. The lowest BCUT2D eigenvalue weighted by atomic mass is 10.1. The molecule has 0 fully saturated rings. The number of carboxylic acid groups (broad SMARTS) is 1. The van der Waals surface area contributed by atoms with Crippen molar-refractivity contribution in [1.82, 2.24) is 5.32 Å². The van der Waals surface area contributed by atoms with E-state index in [4.69, 9.17) is 20.3 Å². The highest BCUT2D eigenvalue weighted by atomic mass is 16.6. The molecule has 0 heterocycles. The van der Waals surface area contributed by atoms with Crippen LogP contribution in [-0.4, -0.2) is 35.9 Å². The van der Waals surface area contributed by atoms with Gasteiger partial charge in [0.15, 0.2) is 0 Å². The lowest BCUT2D eigenvalue weighted by Crippen LogP contribution is -2.34. The van der Waals surface area contributed by atoms with Crippen molar-refractivity contribution in [3.63, 3.8) is 0 Å². The normalized spacial score (nSPS) is 10.9. The Morgan fingerprint density at radius 2 is 1.95 bits per heavy atom. The smallest absolute Gasteiger partial charge is 0.407 e. The van der Waals surface area contributed by atoms with Gasteiger partial charge in [-0.2, -0.15) is 0 Å². The van der Waals surface area contributed by atoms with Crippen molar-refractivity contribution in [2.24, 2.45) is 0 Å². The second-order valence-electron chi connectivity index (χ2n) is 5.79. The van der Waals surface area contributed by atoms with Gasteiger partial charge in [0.05, 0.1) is 17.8 Å². The molecular formula is C15H22N2O5. The zero-order chi connectivity index (χ0) is 16.9. The molecule has 0 radical (unpaired) electrons. The number of hydrogen-bond donors (Lipinski definition) is 3. The lowest BCUT2D eigenvalue weighted by molar-refractivity contribution is 0.0519. The summed E-state index contributed by atoms with van der Waals surface area (Å²) in [5.41, 5.74) is 6.20. The molecule has 1 aromatic rings. The van der Waals surface area contributed by atoms with Crippen LogP contribution in [0.5, 0.6) is 5.75 Å². The number of carbonyl (C=O) groups is 2. The zero-order valence-corrected chi connectivity index (χ0v) is 13.2. The Labute approximate surface area is 129 Å². The second-order valence-corrected chi connectivity index (χ2v) is 5.79. The van der Waals surface area contributed by atoms with Gasteiger partial charge in [0, 0.05) is 0 Å². The van der Waals surface area contributed by atoms with Gasteiger partial charge < -0.3 is 25.6 Å². The van der Waals surface area contributed by atoms with Crippen molar-refractivity contribution >= 4 is 17.7 Å². The molecule has 0 unspecified atom stereocenters. The van der Waals surface area contributed by atoms with Crippen LogP contribution in [0.2, 0.25) is 0 Å². The number of nitrogens with two attached hydrogens (primary N) is 1. The molecule has 7 heteroatoms. The summed E-state index contributed by atoms with van der Waals surface area (Å²) >= 11 is 0. The van der Waals surface area contributed by atoms with Crippen molar-refractivity contribution < 1.29 is 24.2 Å². The van der Waals surface area contributed by atoms with E-state index in [0.717, 1.165) is 0 Å². The number of aromatic carboxylic acids is 1. The molecule has 0 aliphatic rings. The number of alkyl carbamates (subject to hydrolysis) is 1. The number of nitrogens with one attached hydrogen (secondary N) is 1. The molecule has 7 nitrogen and oxygen atoms in total. The first kappa shape index (κ1) is 17.6. The number of ether oxygens (including phenoxy) is 2. The molecule has 0 saturated carbocycles. The van der Waals surface area contributed by atoms with Gasteiger partial charge in [-0.25, -0.2) is 9.59 Å². The van der Waals surface area contributed by atoms with Crippen LogP contribution < -0.4 is 15.8 Å². The topological polar surface area (TPSA) is 111 Å². The molecule has 0 atom stereocenters. The molecule has 0 spiro atoms. The summed E-state index contributed by atoms with van der Waals surface area (Å²) in [5, 5.41) is 11.5. The van der Waals surface area contributed by atoms with Crippen LogP contribution in [0, 0.1) is 6.92 Å². The highest BCUT2D eigenvalue weighted by Gasteiger charge is 2.16. The molecule has 0 aliphatic heterocycles. The molecule has 1 aromatic carbocycles. The van der Waals surface area contributed by atoms with E-state index in [2.05, 4.69) is 5.32 Å². The van der Waals surface area contributed by atoms with Crippen LogP contribution in [0.1, 0.15) is 36.7 Å². The predicted molar refractivity (Wildman–Crippen MR) is 82.3 cm³/mol. The van der Waals surface area contributed by atoms with Crippen molar-refractivity contribution in [2.45, 2.75) is 33.3 Å². The first-order valence-corrected chi connectivity index (χ1v) is 6.83. The van der Waals surface area contributed by atoms with Crippen molar-refractivity contribution in [1.29, 1.82) is 0 Å². The number of carboxylic acids is 1. The van der Waals surface area contributed by atoms with E-state index in [-0.39, 0.29) is 24.4 Å². The molecule has 0 aromatic heterocycles. The molecule has 0 aliphatic carbocycles. The number of rotatable bonds is 5. The number of hydrogen-bond acceptors (Lipinski definition) is 5. The minimum absolute atomic E-state index is 0.106. The standard InChI is InChI=1S/C15H22N2O5/c1-9-7-10(13(18)19)8-11(16)12(9)21-6-5-17-14(20)22-15(2,3)4/h7-8H,5-6,16H2,1-4H3,(H,17,20)(H,18,19). The zero-order valence-electron chi connectivity index (χ0n) is 13.2. The van der Waals surface area contributed by atoms with E-state index in [1.165, 1.54) is 12.1 Å². The summed E-state index contributed by atoms with van der Waals surface area (Å²) in [4.78, 5) is 22.4. The number of anilines is 1. The van der Waals surface area contributed by atoms with E-state index >= 15 is 0 Å².